The minimum absolute atomic E-state index is 0.475. The highest BCUT2D eigenvalue weighted by atomic mass is 32.2. The van der Waals surface area contributed by atoms with Gasteiger partial charge in [0.25, 0.3) is 0 Å². The molecule has 19 heavy (non-hydrogen) atoms. The molecule has 1 aromatic heterocycles. The second-order valence-electron chi connectivity index (χ2n) is 4.12. The molecule has 0 amide bonds. The lowest BCUT2D eigenvalue weighted by molar-refractivity contribution is 0.817. The number of nitrogens with one attached hydrogen (secondary N) is 1. The van der Waals surface area contributed by atoms with Crippen LogP contribution in [0.2, 0.25) is 0 Å². The summed E-state index contributed by atoms with van der Waals surface area (Å²) in [6.45, 7) is 0.890. The number of hydrogen-bond acceptors (Lipinski definition) is 4. The van der Waals surface area contributed by atoms with E-state index in [1.54, 1.807) is 18.0 Å². The largest absolute Gasteiger partial charge is 0.316 e. The molecule has 96 valence electrons. The van der Waals surface area contributed by atoms with Crippen LogP contribution in [0.5, 0.6) is 0 Å². The first-order chi connectivity index (χ1) is 9.31. The Hall–Kier alpha value is -1.83. The van der Waals surface area contributed by atoms with E-state index in [-0.39, 0.29) is 0 Å². The quantitative estimate of drug-likeness (QED) is 0.848. The molecule has 4 heteroatoms. The molecule has 0 radical (unpaired) electrons. The third-order valence-electron chi connectivity index (χ3n) is 2.65. The van der Waals surface area contributed by atoms with Crippen LogP contribution in [-0.4, -0.2) is 12.0 Å². The third-order valence-corrected chi connectivity index (χ3v) is 3.73. The first-order valence-electron chi connectivity index (χ1n) is 6.03. The van der Waals surface area contributed by atoms with Crippen LogP contribution in [0.1, 0.15) is 16.8 Å². The molecule has 1 aromatic carbocycles. The van der Waals surface area contributed by atoms with Crippen LogP contribution in [0.25, 0.3) is 0 Å². The van der Waals surface area contributed by atoms with Crippen molar-refractivity contribution in [3.05, 3.63) is 59.4 Å². The van der Waals surface area contributed by atoms with Gasteiger partial charge in [0.2, 0.25) is 0 Å². The average Bonchev–Trinajstić information content (AvgIpc) is 2.47. The molecule has 0 unspecified atom stereocenters. The van der Waals surface area contributed by atoms with Gasteiger partial charge in [-0.15, -0.1) is 11.8 Å². The van der Waals surface area contributed by atoms with Gasteiger partial charge in [0.1, 0.15) is 11.8 Å². The maximum atomic E-state index is 8.80. The summed E-state index contributed by atoms with van der Waals surface area (Å²) < 4.78 is 0. The zero-order valence-corrected chi connectivity index (χ0v) is 11.6. The van der Waals surface area contributed by atoms with Gasteiger partial charge in [-0.05, 0) is 42.4 Å². The van der Waals surface area contributed by atoms with Crippen molar-refractivity contribution in [2.45, 2.75) is 17.2 Å². The number of benzene rings is 1. The smallest absolute Gasteiger partial charge is 0.140 e. The van der Waals surface area contributed by atoms with Crippen molar-refractivity contribution in [1.82, 2.24) is 10.3 Å². The Bertz CT molecular complexity index is 573. The summed E-state index contributed by atoms with van der Waals surface area (Å²) in [6, 6.07) is 14.4. The van der Waals surface area contributed by atoms with E-state index in [0.29, 0.717) is 5.69 Å². The third kappa shape index (κ3) is 4.09. The van der Waals surface area contributed by atoms with Crippen LogP contribution >= 0.6 is 11.8 Å². The highest BCUT2D eigenvalue weighted by Crippen LogP contribution is 2.23. The monoisotopic (exact) mass is 269 g/mol. The number of aromatic nitrogens is 1. The van der Waals surface area contributed by atoms with Crippen LogP contribution in [0.3, 0.4) is 0 Å². The van der Waals surface area contributed by atoms with Gasteiger partial charge in [-0.1, -0.05) is 12.1 Å². The fourth-order valence-electron chi connectivity index (χ4n) is 1.70. The minimum atomic E-state index is 0.475. The Labute approximate surface area is 117 Å². The first-order valence-corrected chi connectivity index (χ1v) is 7.02. The lowest BCUT2D eigenvalue weighted by Crippen LogP contribution is -2.04. The Morgan fingerprint density at radius 1 is 1.21 bits per heavy atom. The van der Waals surface area contributed by atoms with Gasteiger partial charge in [-0.2, -0.15) is 5.26 Å². The van der Waals surface area contributed by atoms with Gasteiger partial charge in [-0.25, -0.2) is 4.98 Å². The molecule has 1 heterocycles. The standard InChI is InChI=1S/C15H15N3S/c1-17-10-12-2-4-15(5-3-12)19-11-13-6-7-18-14(8-13)9-16/h2-8,17H,10-11H2,1H3. The zero-order valence-electron chi connectivity index (χ0n) is 10.8. The van der Waals surface area contributed by atoms with E-state index in [1.807, 2.05) is 19.2 Å². The molecule has 0 aliphatic heterocycles. The van der Waals surface area contributed by atoms with Crippen molar-refractivity contribution < 1.29 is 0 Å². The molecule has 2 rings (SSSR count). The molecular weight excluding hydrogens is 254 g/mol. The van der Waals surface area contributed by atoms with Gasteiger partial charge in [0.15, 0.2) is 0 Å². The van der Waals surface area contributed by atoms with E-state index in [0.717, 1.165) is 17.9 Å². The zero-order chi connectivity index (χ0) is 13.5. The molecule has 0 saturated carbocycles. The molecular formula is C15H15N3S. The van der Waals surface area contributed by atoms with E-state index in [2.05, 4.69) is 40.6 Å². The summed E-state index contributed by atoms with van der Waals surface area (Å²) in [4.78, 5) is 5.20. The fraction of sp³-hybridized carbons (Fsp3) is 0.200. The molecule has 1 N–H and O–H groups in total. The number of rotatable bonds is 5. The van der Waals surface area contributed by atoms with Gasteiger partial charge < -0.3 is 5.32 Å². The Morgan fingerprint density at radius 3 is 2.68 bits per heavy atom. The van der Waals surface area contributed by atoms with E-state index >= 15 is 0 Å². The maximum absolute atomic E-state index is 8.80. The van der Waals surface area contributed by atoms with Crippen molar-refractivity contribution in [3.8, 4) is 6.07 Å². The lowest BCUT2D eigenvalue weighted by atomic mass is 10.2. The van der Waals surface area contributed by atoms with Crippen LogP contribution in [0.4, 0.5) is 0 Å². The molecule has 0 fully saturated rings. The molecule has 0 aliphatic carbocycles. The predicted octanol–water partition coefficient (Wildman–Crippen LogP) is 2.96. The van der Waals surface area contributed by atoms with Crippen molar-refractivity contribution in [3.63, 3.8) is 0 Å². The molecule has 0 atom stereocenters. The summed E-state index contributed by atoms with van der Waals surface area (Å²) in [6.07, 6.45) is 1.68. The number of thioether (sulfide) groups is 1. The molecule has 0 bridgehead atoms. The minimum Gasteiger partial charge on any atom is -0.316 e. The highest BCUT2D eigenvalue weighted by Gasteiger charge is 1.99. The summed E-state index contributed by atoms with van der Waals surface area (Å²) in [5.41, 5.74) is 2.88. The second kappa shape index (κ2) is 6.93. The Morgan fingerprint density at radius 2 is 2.00 bits per heavy atom. The van der Waals surface area contributed by atoms with Crippen molar-refractivity contribution in [2.75, 3.05) is 7.05 Å². The summed E-state index contributed by atoms with van der Waals surface area (Å²) >= 11 is 1.76. The normalized spacial score (nSPS) is 10.1. The summed E-state index contributed by atoms with van der Waals surface area (Å²) in [5.74, 6) is 0.850. The molecule has 0 aliphatic rings. The van der Waals surface area contributed by atoms with Gasteiger partial charge in [0, 0.05) is 23.4 Å². The van der Waals surface area contributed by atoms with E-state index < -0.39 is 0 Å². The molecule has 0 spiro atoms. The lowest BCUT2D eigenvalue weighted by Gasteiger charge is -2.04. The Kier molecular flexibility index (Phi) is 4.96. The summed E-state index contributed by atoms with van der Waals surface area (Å²) in [7, 11) is 1.94. The van der Waals surface area contributed by atoms with Crippen LogP contribution in [0.15, 0.2) is 47.5 Å². The Balaban J connectivity index is 1.96. The fourth-order valence-corrected chi connectivity index (χ4v) is 2.54. The number of pyridine rings is 1. The van der Waals surface area contributed by atoms with Crippen LogP contribution in [0, 0.1) is 11.3 Å². The molecule has 2 aromatic rings. The van der Waals surface area contributed by atoms with Crippen molar-refractivity contribution in [1.29, 1.82) is 5.26 Å². The van der Waals surface area contributed by atoms with Gasteiger partial charge in [0.05, 0.1) is 0 Å². The SMILES string of the molecule is CNCc1ccc(SCc2ccnc(C#N)c2)cc1. The topological polar surface area (TPSA) is 48.7 Å². The number of nitriles is 1. The van der Waals surface area contributed by atoms with Gasteiger partial charge in [-0.3, -0.25) is 0 Å². The molecule has 0 saturated heterocycles. The average molecular weight is 269 g/mol. The van der Waals surface area contributed by atoms with E-state index in [4.69, 9.17) is 5.26 Å². The number of hydrogen-bond donors (Lipinski definition) is 1. The van der Waals surface area contributed by atoms with Gasteiger partial charge >= 0.3 is 0 Å². The van der Waals surface area contributed by atoms with Crippen molar-refractivity contribution in [2.24, 2.45) is 0 Å². The number of nitrogens with zero attached hydrogens (tertiary/aromatic N) is 2. The second-order valence-corrected chi connectivity index (χ2v) is 5.17. The predicted molar refractivity (Wildman–Crippen MR) is 77.7 cm³/mol. The maximum Gasteiger partial charge on any atom is 0.140 e. The van der Waals surface area contributed by atoms with E-state index in [9.17, 15) is 0 Å². The van der Waals surface area contributed by atoms with Crippen molar-refractivity contribution >= 4 is 11.8 Å². The van der Waals surface area contributed by atoms with Crippen LogP contribution < -0.4 is 5.32 Å². The first kappa shape index (κ1) is 13.6. The van der Waals surface area contributed by atoms with E-state index in [1.165, 1.54) is 10.5 Å². The highest BCUT2D eigenvalue weighted by molar-refractivity contribution is 7.98. The van der Waals surface area contributed by atoms with Crippen LogP contribution in [-0.2, 0) is 12.3 Å². The molecule has 3 nitrogen and oxygen atoms in total. The summed E-state index contributed by atoms with van der Waals surface area (Å²) in [5, 5.41) is 11.9.